The van der Waals surface area contributed by atoms with E-state index in [0.717, 1.165) is 0 Å². The minimum atomic E-state index is -0.250. The molecule has 4 nitrogen and oxygen atoms in total. The molecule has 0 saturated carbocycles. The molecular formula is C10H14O4. The molecular weight excluding hydrogens is 184 g/mol. The van der Waals surface area contributed by atoms with E-state index in [1.807, 2.05) is 0 Å². The van der Waals surface area contributed by atoms with Gasteiger partial charge in [-0.3, -0.25) is 9.59 Å². The summed E-state index contributed by atoms with van der Waals surface area (Å²) in [5.41, 5.74) is 2.74. The van der Waals surface area contributed by atoms with Crippen LogP contribution in [-0.4, -0.2) is 23.2 Å². The second kappa shape index (κ2) is 11.2. The molecule has 0 unspecified atom stereocenters. The maximum atomic E-state index is 8.36. The maximum absolute atomic E-state index is 8.36. The first kappa shape index (κ1) is 14.7. The molecule has 4 heteroatoms. The first-order valence-corrected chi connectivity index (χ1v) is 3.82. The lowest BCUT2D eigenvalue weighted by molar-refractivity contribution is -0.123. The van der Waals surface area contributed by atoms with Crippen LogP contribution in [0.3, 0.4) is 0 Å². The van der Waals surface area contributed by atoms with Crippen molar-refractivity contribution in [2.24, 2.45) is 0 Å². The van der Waals surface area contributed by atoms with Crippen LogP contribution in [0.5, 0.6) is 0 Å². The highest BCUT2D eigenvalue weighted by Gasteiger charge is 1.83. The average Bonchev–Trinajstić information content (AvgIpc) is 2.13. The molecule has 0 spiro atoms. The van der Waals surface area contributed by atoms with E-state index in [1.54, 1.807) is 0 Å². The molecule has 14 heavy (non-hydrogen) atoms. The van der Waals surface area contributed by atoms with Gasteiger partial charge in [0.15, 0.2) is 0 Å². The number of benzene rings is 1. The molecule has 0 aliphatic carbocycles. The fourth-order valence-electron chi connectivity index (χ4n) is 0.663. The van der Waals surface area contributed by atoms with Gasteiger partial charge in [0, 0.05) is 0 Å². The first-order chi connectivity index (χ1) is 6.63. The molecule has 78 valence electrons. The largest absolute Gasteiger partial charge is 0.483 e. The zero-order valence-electron chi connectivity index (χ0n) is 8.18. The van der Waals surface area contributed by atoms with Crippen LogP contribution in [0.1, 0.15) is 11.1 Å². The van der Waals surface area contributed by atoms with Crippen molar-refractivity contribution in [3.05, 3.63) is 35.4 Å². The molecule has 0 aliphatic heterocycles. The number of rotatable bonds is 0. The van der Waals surface area contributed by atoms with E-state index in [4.69, 9.17) is 19.8 Å². The summed E-state index contributed by atoms with van der Waals surface area (Å²) in [4.78, 5) is 16.7. The predicted octanol–water partition coefficient (Wildman–Crippen LogP) is 1.71. The molecule has 0 aliphatic rings. The van der Waals surface area contributed by atoms with Gasteiger partial charge in [-0.1, -0.05) is 24.3 Å². The van der Waals surface area contributed by atoms with Crippen molar-refractivity contribution >= 4 is 12.9 Å². The van der Waals surface area contributed by atoms with Crippen LogP contribution in [-0.2, 0) is 9.59 Å². The van der Waals surface area contributed by atoms with E-state index in [9.17, 15) is 0 Å². The summed E-state index contributed by atoms with van der Waals surface area (Å²) in [6, 6.07) is 8.36. The number of hydrogen-bond acceptors (Lipinski definition) is 2. The second-order valence-electron chi connectivity index (χ2n) is 2.30. The van der Waals surface area contributed by atoms with Gasteiger partial charge in [0.05, 0.1) is 0 Å². The summed E-state index contributed by atoms with van der Waals surface area (Å²) in [7, 11) is 0. The quantitative estimate of drug-likeness (QED) is 0.622. The summed E-state index contributed by atoms with van der Waals surface area (Å²) in [5, 5.41) is 13.8. The SMILES string of the molecule is Cc1ccccc1C.O=CO.O=CO. The summed E-state index contributed by atoms with van der Waals surface area (Å²) in [5.74, 6) is 0. The predicted molar refractivity (Wildman–Crippen MR) is 53.3 cm³/mol. The summed E-state index contributed by atoms with van der Waals surface area (Å²) >= 11 is 0. The van der Waals surface area contributed by atoms with E-state index in [1.165, 1.54) is 11.1 Å². The van der Waals surface area contributed by atoms with Gasteiger partial charge >= 0.3 is 0 Å². The zero-order valence-corrected chi connectivity index (χ0v) is 8.18. The molecule has 1 rings (SSSR count). The standard InChI is InChI=1S/C8H10.2CH2O2/c1-7-5-3-4-6-8(7)2;2*2-1-3/h3-6H,1-2H3;2*1H,(H,2,3). The van der Waals surface area contributed by atoms with E-state index >= 15 is 0 Å². The minimum absolute atomic E-state index is 0.250. The Kier molecular flexibility index (Phi) is 11.7. The van der Waals surface area contributed by atoms with Crippen LogP contribution >= 0.6 is 0 Å². The number of aryl methyl sites for hydroxylation is 2. The third-order valence-corrected chi connectivity index (χ3v) is 1.43. The topological polar surface area (TPSA) is 74.6 Å². The van der Waals surface area contributed by atoms with Gasteiger partial charge in [0.1, 0.15) is 0 Å². The molecule has 2 N–H and O–H groups in total. The molecule has 0 fully saturated rings. The Labute approximate surface area is 82.8 Å². The highest BCUT2D eigenvalue weighted by molar-refractivity contribution is 5.33. The van der Waals surface area contributed by atoms with Crippen LogP contribution in [0.2, 0.25) is 0 Å². The van der Waals surface area contributed by atoms with Crippen LogP contribution < -0.4 is 0 Å². The molecule has 0 aromatic heterocycles. The Morgan fingerprint density at radius 2 is 1.14 bits per heavy atom. The monoisotopic (exact) mass is 198 g/mol. The summed E-state index contributed by atoms with van der Waals surface area (Å²) < 4.78 is 0. The van der Waals surface area contributed by atoms with E-state index in [2.05, 4.69) is 38.1 Å². The van der Waals surface area contributed by atoms with Gasteiger partial charge in [0.2, 0.25) is 0 Å². The van der Waals surface area contributed by atoms with Crippen LogP contribution in [0.15, 0.2) is 24.3 Å². The van der Waals surface area contributed by atoms with Crippen LogP contribution in [0.4, 0.5) is 0 Å². The highest BCUT2D eigenvalue weighted by Crippen LogP contribution is 2.02. The Morgan fingerprint density at radius 1 is 0.929 bits per heavy atom. The third kappa shape index (κ3) is 10.2. The lowest BCUT2D eigenvalue weighted by atomic mass is 10.1. The average molecular weight is 198 g/mol. The first-order valence-electron chi connectivity index (χ1n) is 3.82. The second-order valence-corrected chi connectivity index (χ2v) is 2.30. The van der Waals surface area contributed by atoms with E-state index < -0.39 is 0 Å². The molecule has 0 heterocycles. The van der Waals surface area contributed by atoms with Gasteiger partial charge < -0.3 is 10.2 Å². The van der Waals surface area contributed by atoms with Crippen molar-refractivity contribution < 1.29 is 19.8 Å². The smallest absolute Gasteiger partial charge is 0.290 e. The van der Waals surface area contributed by atoms with Crippen molar-refractivity contribution in [3.63, 3.8) is 0 Å². The van der Waals surface area contributed by atoms with Crippen LogP contribution in [0.25, 0.3) is 0 Å². The minimum Gasteiger partial charge on any atom is -0.483 e. The van der Waals surface area contributed by atoms with Crippen molar-refractivity contribution in [2.45, 2.75) is 13.8 Å². The normalized spacial score (nSPS) is 7.00. The lowest BCUT2D eigenvalue weighted by Gasteiger charge is -1.93. The molecule has 0 saturated heterocycles. The molecule has 0 amide bonds. The molecule has 0 bridgehead atoms. The molecule has 0 atom stereocenters. The van der Waals surface area contributed by atoms with Crippen LogP contribution in [0, 0.1) is 13.8 Å². The van der Waals surface area contributed by atoms with E-state index in [-0.39, 0.29) is 12.9 Å². The van der Waals surface area contributed by atoms with Crippen molar-refractivity contribution in [1.82, 2.24) is 0 Å². The third-order valence-electron chi connectivity index (χ3n) is 1.43. The van der Waals surface area contributed by atoms with Crippen molar-refractivity contribution in [1.29, 1.82) is 0 Å². The van der Waals surface area contributed by atoms with E-state index in [0.29, 0.717) is 0 Å². The summed E-state index contributed by atoms with van der Waals surface area (Å²) in [6.45, 7) is 3.74. The molecule has 1 aromatic carbocycles. The fraction of sp³-hybridized carbons (Fsp3) is 0.200. The Bertz CT molecular complexity index is 231. The molecule has 0 radical (unpaired) electrons. The number of carbonyl (C=O) groups is 2. The zero-order chi connectivity index (χ0) is 11.4. The van der Waals surface area contributed by atoms with Gasteiger partial charge in [-0.05, 0) is 25.0 Å². The van der Waals surface area contributed by atoms with Gasteiger partial charge in [-0.15, -0.1) is 0 Å². The van der Waals surface area contributed by atoms with Crippen molar-refractivity contribution in [2.75, 3.05) is 0 Å². The Balaban J connectivity index is 0. The summed E-state index contributed by atoms with van der Waals surface area (Å²) in [6.07, 6.45) is 0. The Hall–Kier alpha value is -1.84. The lowest BCUT2D eigenvalue weighted by Crippen LogP contribution is -1.74. The fourth-order valence-corrected chi connectivity index (χ4v) is 0.663. The van der Waals surface area contributed by atoms with Gasteiger partial charge in [0.25, 0.3) is 12.9 Å². The van der Waals surface area contributed by atoms with Gasteiger partial charge in [-0.2, -0.15) is 0 Å². The highest BCUT2D eigenvalue weighted by atomic mass is 16.3. The van der Waals surface area contributed by atoms with Crippen molar-refractivity contribution in [3.8, 4) is 0 Å². The number of carboxylic acid groups (broad SMARTS) is 2. The maximum Gasteiger partial charge on any atom is 0.290 e. The Morgan fingerprint density at radius 3 is 1.29 bits per heavy atom. The van der Waals surface area contributed by atoms with Gasteiger partial charge in [-0.25, -0.2) is 0 Å². The number of hydrogen-bond donors (Lipinski definition) is 2. The molecule has 1 aromatic rings.